The molecule has 0 aromatic heterocycles. The fourth-order valence-corrected chi connectivity index (χ4v) is 1.82. The van der Waals surface area contributed by atoms with Crippen LogP contribution >= 0.6 is 0 Å². The standard InChI is InChI=1S/C12H26N2O/c1-6-8-14-12(5,9-10(3)4)11(15)13-7-2/h10,14H,6-9H2,1-5H3,(H,13,15). The molecule has 2 N–H and O–H groups in total. The lowest BCUT2D eigenvalue weighted by Gasteiger charge is -2.31. The Hall–Kier alpha value is -0.570. The van der Waals surface area contributed by atoms with Gasteiger partial charge in [-0.2, -0.15) is 0 Å². The molecule has 0 aromatic rings. The Labute approximate surface area is 94.0 Å². The van der Waals surface area contributed by atoms with Crippen LogP contribution in [0.3, 0.4) is 0 Å². The molecule has 0 heterocycles. The number of likely N-dealkylation sites (N-methyl/N-ethyl adjacent to an activating group) is 1. The van der Waals surface area contributed by atoms with E-state index in [4.69, 9.17) is 0 Å². The maximum Gasteiger partial charge on any atom is 0.240 e. The molecule has 15 heavy (non-hydrogen) atoms. The van der Waals surface area contributed by atoms with E-state index in [1.165, 1.54) is 0 Å². The summed E-state index contributed by atoms with van der Waals surface area (Å²) in [6.07, 6.45) is 1.92. The van der Waals surface area contributed by atoms with Gasteiger partial charge < -0.3 is 10.6 Å². The van der Waals surface area contributed by atoms with Crippen molar-refractivity contribution >= 4 is 5.91 Å². The Morgan fingerprint density at radius 3 is 2.33 bits per heavy atom. The van der Waals surface area contributed by atoms with Gasteiger partial charge in [-0.25, -0.2) is 0 Å². The Bertz CT molecular complexity index is 192. The molecule has 0 saturated carbocycles. The lowest BCUT2D eigenvalue weighted by atomic mass is 9.89. The molecule has 3 heteroatoms. The molecule has 0 saturated heterocycles. The van der Waals surface area contributed by atoms with Gasteiger partial charge in [-0.3, -0.25) is 4.79 Å². The van der Waals surface area contributed by atoms with Gasteiger partial charge in [0.1, 0.15) is 0 Å². The largest absolute Gasteiger partial charge is 0.355 e. The normalized spacial score (nSPS) is 15.1. The molecular formula is C12H26N2O. The van der Waals surface area contributed by atoms with Crippen LogP contribution < -0.4 is 10.6 Å². The molecule has 0 bridgehead atoms. The zero-order valence-electron chi connectivity index (χ0n) is 10.8. The lowest BCUT2D eigenvalue weighted by Crippen LogP contribution is -2.55. The number of carbonyl (C=O) groups excluding carboxylic acids is 1. The van der Waals surface area contributed by atoms with E-state index in [0.29, 0.717) is 12.5 Å². The van der Waals surface area contributed by atoms with Crippen molar-refractivity contribution in [3.05, 3.63) is 0 Å². The maximum absolute atomic E-state index is 11.9. The van der Waals surface area contributed by atoms with Gasteiger partial charge >= 0.3 is 0 Å². The van der Waals surface area contributed by atoms with Gasteiger partial charge in [0.15, 0.2) is 0 Å². The number of hydrogen-bond donors (Lipinski definition) is 2. The molecule has 1 atom stereocenters. The first kappa shape index (κ1) is 14.4. The van der Waals surface area contributed by atoms with Crippen molar-refractivity contribution in [2.75, 3.05) is 13.1 Å². The molecular weight excluding hydrogens is 188 g/mol. The van der Waals surface area contributed by atoms with Gasteiger partial charge in [-0.15, -0.1) is 0 Å². The summed E-state index contributed by atoms with van der Waals surface area (Å²) in [5.41, 5.74) is -0.416. The summed E-state index contributed by atoms with van der Waals surface area (Å²) < 4.78 is 0. The van der Waals surface area contributed by atoms with Crippen LogP contribution in [0.5, 0.6) is 0 Å². The SMILES string of the molecule is CCCNC(C)(CC(C)C)C(=O)NCC. The van der Waals surface area contributed by atoms with Crippen LogP contribution in [0, 0.1) is 5.92 Å². The van der Waals surface area contributed by atoms with Crippen molar-refractivity contribution in [3.63, 3.8) is 0 Å². The number of carbonyl (C=O) groups is 1. The number of hydrogen-bond acceptors (Lipinski definition) is 2. The number of rotatable bonds is 7. The first-order valence-electron chi connectivity index (χ1n) is 5.99. The van der Waals surface area contributed by atoms with Crippen LogP contribution in [0.25, 0.3) is 0 Å². The molecule has 3 nitrogen and oxygen atoms in total. The Balaban J connectivity index is 4.45. The second-order valence-electron chi connectivity index (χ2n) is 4.72. The summed E-state index contributed by atoms with van der Waals surface area (Å²) in [7, 11) is 0. The van der Waals surface area contributed by atoms with E-state index in [9.17, 15) is 4.79 Å². The summed E-state index contributed by atoms with van der Waals surface area (Å²) in [6, 6.07) is 0. The van der Waals surface area contributed by atoms with Gasteiger partial charge in [0, 0.05) is 6.54 Å². The zero-order chi connectivity index (χ0) is 11.9. The third kappa shape index (κ3) is 5.17. The molecule has 0 fully saturated rings. The predicted molar refractivity (Wildman–Crippen MR) is 64.8 cm³/mol. The fraction of sp³-hybridized carbons (Fsp3) is 0.917. The second-order valence-corrected chi connectivity index (χ2v) is 4.72. The van der Waals surface area contributed by atoms with E-state index in [2.05, 4.69) is 31.4 Å². The van der Waals surface area contributed by atoms with Crippen molar-refractivity contribution in [2.45, 2.75) is 53.0 Å². The van der Waals surface area contributed by atoms with Gasteiger partial charge in [0.25, 0.3) is 0 Å². The number of nitrogens with one attached hydrogen (secondary N) is 2. The maximum atomic E-state index is 11.9. The highest BCUT2D eigenvalue weighted by molar-refractivity contribution is 5.85. The molecule has 1 amide bonds. The lowest BCUT2D eigenvalue weighted by molar-refractivity contribution is -0.127. The van der Waals surface area contributed by atoms with Crippen molar-refractivity contribution in [1.82, 2.24) is 10.6 Å². The average molecular weight is 214 g/mol. The monoisotopic (exact) mass is 214 g/mol. The van der Waals surface area contributed by atoms with E-state index < -0.39 is 5.54 Å². The van der Waals surface area contributed by atoms with E-state index in [-0.39, 0.29) is 5.91 Å². The van der Waals surface area contributed by atoms with Crippen LogP contribution in [0.15, 0.2) is 0 Å². The highest BCUT2D eigenvalue weighted by atomic mass is 16.2. The highest BCUT2D eigenvalue weighted by Crippen LogP contribution is 2.16. The molecule has 0 aromatic carbocycles. The van der Waals surface area contributed by atoms with Crippen molar-refractivity contribution in [1.29, 1.82) is 0 Å². The summed E-state index contributed by atoms with van der Waals surface area (Å²) in [4.78, 5) is 11.9. The minimum Gasteiger partial charge on any atom is -0.355 e. The van der Waals surface area contributed by atoms with Crippen LogP contribution in [-0.4, -0.2) is 24.5 Å². The predicted octanol–water partition coefficient (Wildman–Crippen LogP) is 1.93. The van der Waals surface area contributed by atoms with Gasteiger partial charge in [0.05, 0.1) is 5.54 Å². The third-order valence-corrected chi connectivity index (χ3v) is 2.42. The van der Waals surface area contributed by atoms with Gasteiger partial charge in [0.2, 0.25) is 5.91 Å². The topological polar surface area (TPSA) is 41.1 Å². The quantitative estimate of drug-likeness (QED) is 0.680. The highest BCUT2D eigenvalue weighted by Gasteiger charge is 2.32. The van der Waals surface area contributed by atoms with Gasteiger partial charge in [-0.1, -0.05) is 20.8 Å². The molecule has 0 aliphatic heterocycles. The first-order valence-corrected chi connectivity index (χ1v) is 5.99. The minimum atomic E-state index is -0.416. The minimum absolute atomic E-state index is 0.118. The van der Waals surface area contributed by atoms with Crippen molar-refractivity contribution in [3.8, 4) is 0 Å². The molecule has 0 radical (unpaired) electrons. The summed E-state index contributed by atoms with van der Waals surface area (Å²) in [5.74, 6) is 0.633. The molecule has 90 valence electrons. The average Bonchev–Trinajstić information content (AvgIpc) is 2.14. The van der Waals surface area contributed by atoms with E-state index in [1.807, 2.05) is 13.8 Å². The van der Waals surface area contributed by atoms with E-state index in [0.717, 1.165) is 19.4 Å². The van der Waals surface area contributed by atoms with E-state index >= 15 is 0 Å². The number of amides is 1. The molecule has 0 spiro atoms. The van der Waals surface area contributed by atoms with Gasteiger partial charge in [-0.05, 0) is 39.2 Å². The Kier molecular flexibility index (Phi) is 6.57. The third-order valence-electron chi connectivity index (χ3n) is 2.42. The summed E-state index contributed by atoms with van der Waals surface area (Å²) in [5, 5.41) is 6.25. The van der Waals surface area contributed by atoms with Crippen molar-refractivity contribution < 1.29 is 4.79 Å². The Morgan fingerprint density at radius 1 is 1.33 bits per heavy atom. The van der Waals surface area contributed by atoms with E-state index in [1.54, 1.807) is 0 Å². The molecule has 0 rings (SSSR count). The van der Waals surface area contributed by atoms with Crippen LogP contribution in [-0.2, 0) is 4.79 Å². The molecule has 0 aliphatic rings. The summed E-state index contributed by atoms with van der Waals surface area (Å²) in [6.45, 7) is 11.9. The summed E-state index contributed by atoms with van der Waals surface area (Å²) >= 11 is 0. The molecule has 1 unspecified atom stereocenters. The smallest absolute Gasteiger partial charge is 0.240 e. The van der Waals surface area contributed by atoms with Crippen molar-refractivity contribution in [2.24, 2.45) is 5.92 Å². The Morgan fingerprint density at radius 2 is 1.93 bits per heavy atom. The second kappa shape index (κ2) is 6.83. The van der Waals surface area contributed by atoms with Crippen LogP contribution in [0.2, 0.25) is 0 Å². The molecule has 0 aliphatic carbocycles. The first-order chi connectivity index (χ1) is 6.96. The fourth-order valence-electron chi connectivity index (χ4n) is 1.82. The van der Waals surface area contributed by atoms with Crippen LogP contribution in [0.1, 0.15) is 47.5 Å². The van der Waals surface area contributed by atoms with Crippen LogP contribution in [0.4, 0.5) is 0 Å². The zero-order valence-corrected chi connectivity index (χ0v) is 10.8.